The lowest BCUT2D eigenvalue weighted by molar-refractivity contribution is 0.329. The molecule has 0 spiro atoms. The molecule has 124 valence electrons. The molecule has 5 nitrogen and oxygen atoms in total. The van der Waals surface area contributed by atoms with Crippen molar-refractivity contribution in [1.82, 2.24) is 14.2 Å². The molecule has 0 aliphatic rings. The molecule has 23 heavy (non-hydrogen) atoms. The summed E-state index contributed by atoms with van der Waals surface area (Å²) in [5.41, 5.74) is 0.803. The minimum absolute atomic E-state index is 0.0848. The number of benzene rings is 1. The second-order valence-corrected chi connectivity index (χ2v) is 7.39. The van der Waals surface area contributed by atoms with Crippen LogP contribution in [0.4, 0.5) is 4.39 Å². The fourth-order valence-electron chi connectivity index (χ4n) is 2.05. The topological polar surface area (TPSA) is 53.5 Å². The maximum absolute atomic E-state index is 13.1. The van der Waals surface area contributed by atoms with Gasteiger partial charge in [0, 0.05) is 32.0 Å². The Morgan fingerprint density at radius 1 is 1.09 bits per heavy atom. The van der Waals surface area contributed by atoms with Crippen LogP contribution in [0, 0.1) is 5.82 Å². The summed E-state index contributed by atoms with van der Waals surface area (Å²) < 4.78 is 40.1. The molecule has 7 heteroatoms. The molecule has 0 bridgehead atoms. The Balaban J connectivity index is 2.29. The van der Waals surface area contributed by atoms with E-state index in [9.17, 15) is 12.8 Å². The summed E-state index contributed by atoms with van der Waals surface area (Å²) >= 11 is 0. The summed E-state index contributed by atoms with van der Waals surface area (Å²) in [7, 11) is 0.0640. The highest BCUT2D eigenvalue weighted by atomic mass is 32.2. The molecule has 1 aromatic heterocycles. The number of halogens is 1. The summed E-state index contributed by atoms with van der Waals surface area (Å²) in [4.78, 5) is 6.02. The predicted octanol–water partition coefficient (Wildman–Crippen LogP) is 1.97. The monoisotopic (exact) mass is 337 g/mol. The van der Waals surface area contributed by atoms with E-state index in [4.69, 9.17) is 0 Å². The molecule has 0 amide bonds. The van der Waals surface area contributed by atoms with Crippen molar-refractivity contribution in [1.29, 1.82) is 0 Å². The van der Waals surface area contributed by atoms with Gasteiger partial charge >= 0.3 is 0 Å². The van der Waals surface area contributed by atoms with Crippen molar-refractivity contribution in [2.45, 2.75) is 11.4 Å². The van der Waals surface area contributed by atoms with Gasteiger partial charge in [-0.1, -0.05) is 6.07 Å². The van der Waals surface area contributed by atoms with Gasteiger partial charge in [0.1, 0.15) is 5.82 Å². The van der Waals surface area contributed by atoms with Crippen LogP contribution in [0.1, 0.15) is 5.56 Å². The largest absolute Gasteiger partial charge is 0.308 e. The highest BCUT2D eigenvalue weighted by molar-refractivity contribution is 7.89. The van der Waals surface area contributed by atoms with Gasteiger partial charge in [0.15, 0.2) is 0 Å². The summed E-state index contributed by atoms with van der Waals surface area (Å²) in [6.07, 6.45) is 3.28. The molecule has 0 aliphatic heterocycles. The first-order chi connectivity index (χ1) is 10.9. The maximum atomic E-state index is 13.1. The zero-order chi connectivity index (χ0) is 16.9. The van der Waals surface area contributed by atoms with Crippen LogP contribution in [0.2, 0.25) is 0 Å². The SMILES string of the molecule is CN(C)CCN(Cc1cccnc1)S(=O)(=O)c1ccc(F)cc1. The fourth-order valence-corrected chi connectivity index (χ4v) is 3.47. The molecule has 0 N–H and O–H groups in total. The normalized spacial score (nSPS) is 12.0. The van der Waals surface area contributed by atoms with Crippen LogP contribution in [-0.2, 0) is 16.6 Å². The van der Waals surface area contributed by atoms with Crippen molar-refractivity contribution < 1.29 is 12.8 Å². The smallest absolute Gasteiger partial charge is 0.243 e. The number of rotatable bonds is 7. The molecule has 2 rings (SSSR count). The van der Waals surface area contributed by atoms with Gasteiger partial charge in [0.05, 0.1) is 4.90 Å². The Bertz CT molecular complexity index is 719. The average Bonchev–Trinajstić information content (AvgIpc) is 2.52. The fraction of sp³-hybridized carbons (Fsp3) is 0.312. The minimum atomic E-state index is -3.70. The minimum Gasteiger partial charge on any atom is -0.308 e. The van der Waals surface area contributed by atoms with Crippen LogP contribution in [0.15, 0.2) is 53.7 Å². The molecule has 0 fully saturated rings. The Kier molecular flexibility index (Phi) is 5.81. The zero-order valence-electron chi connectivity index (χ0n) is 13.2. The third-order valence-electron chi connectivity index (χ3n) is 3.33. The van der Waals surface area contributed by atoms with Gasteiger partial charge < -0.3 is 4.90 Å². The second kappa shape index (κ2) is 7.63. The van der Waals surface area contributed by atoms with Crippen LogP contribution < -0.4 is 0 Å². The van der Waals surface area contributed by atoms with Gasteiger partial charge in [-0.3, -0.25) is 4.98 Å². The van der Waals surface area contributed by atoms with E-state index >= 15 is 0 Å². The lowest BCUT2D eigenvalue weighted by Gasteiger charge is -2.24. The number of aromatic nitrogens is 1. The van der Waals surface area contributed by atoms with Crippen LogP contribution in [-0.4, -0.2) is 49.8 Å². The number of sulfonamides is 1. The van der Waals surface area contributed by atoms with E-state index in [1.165, 1.54) is 16.4 Å². The van der Waals surface area contributed by atoms with Crippen molar-refractivity contribution in [3.8, 4) is 0 Å². The molecular weight excluding hydrogens is 317 g/mol. The molecule has 1 aromatic carbocycles. The van der Waals surface area contributed by atoms with Gasteiger partial charge in [-0.05, 0) is 50.0 Å². The van der Waals surface area contributed by atoms with Gasteiger partial charge in [-0.2, -0.15) is 4.31 Å². The van der Waals surface area contributed by atoms with Gasteiger partial charge in [-0.15, -0.1) is 0 Å². The van der Waals surface area contributed by atoms with Crippen LogP contribution in [0.3, 0.4) is 0 Å². The summed E-state index contributed by atoms with van der Waals surface area (Å²) in [6.45, 7) is 1.14. The lowest BCUT2D eigenvalue weighted by Crippen LogP contribution is -2.36. The first-order valence-corrected chi connectivity index (χ1v) is 8.63. The van der Waals surface area contributed by atoms with Gasteiger partial charge in [-0.25, -0.2) is 12.8 Å². The van der Waals surface area contributed by atoms with Crippen LogP contribution >= 0.6 is 0 Å². The Hall–Kier alpha value is -1.83. The molecule has 0 saturated heterocycles. The van der Waals surface area contributed by atoms with Crippen molar-refractivity contribution >= 4 is 10.0 Å². The van der Waals surface area contributed by atoms with Gasteiger partial charge in [0.25, 0.3) is 0 Å². The molecule has 0 aliphatic carbocycles. The first kappa shape index (κ1) is 17.5. The first-order valence-electron chi connectivity index (χ1n) is 7.19. The van der Waals surface area contributed by atoms with E-state index in [-0.39, 0.29) is 11.4 Å². The van der Waals surface area contributed by atoms with Crippen molar-refractivity contribution in [2.24, 2.45) is 0 Å². The zero-order valence-corrected chi connectivity index (χ0v) is 14.0. The van der Waals surface area contributed by atoms with E-state index in [0.29, 0.717) is 13.1 Å². The highest BCUT2D eigenvalue weighted by Gasteiger charge is 2.24. The molecule has 2 aromatic rings. The third kappa shape index (κ3) is 4.82. The standard InChI is InChI=1S/C16H20FN3O2S/c1-19(2)10-11-20(13-14-4-3-9-18-12-14)23(21,22)16-7-5-15(17)6-8-16/h3-9,12H,10-11,13H2,1-2H3. The summed E-state index contributed by atoms with van der Waals surface area (Å²) in [6, 6.07) is 8.48. The molecule has 0 unspecified atom stereocenters. The van der Waals surface area contributed by atoms with E-state index in [1.54, 1.807) is 18.5 Å². The van der Waals surface area contributed by atoms with Crippen molar-refractivity contribution in [3.63, 3.8) is 0 Å². The van der Waals surface area contributed by atoms with Crippen molar-refractivity contribution in [2.75, 3.05) is 27.2 Å². The Morgan fingerprint density at radius 2 is 1.78 bits per heavy atom. The van der Waals surface area contributed by atoms with Crippen LogP contribution in [0.25, 0.3) is 0 Å². The van der Waals surface area contributed by atoms with E-state index in [2.05, 4.69) is 4.98 Å². The lowest BCUT2D eigenvalue weighted by atomic mass is 10.3. The molecular formula is C16H20FN3O2S. The molecule has 0 saturated carbocycles. The third-order valence-corrected chi connectivity index (χ3v) is 5.19. The number of hydrogen-bond acceptors (Lipinski definition) is 4. The van der Waals surface area contributed by atoms with Crippen LogP contribution in [0.5, 0.6) is 0 Å². The molecule has 0 radical (unpaired) electrons. The van der Waals surface area contributed by atoms with Crippen molar-refractivity contribution in [3.05, 3.63) is 60.2 Å². The van der Waals surface area contributed by atoms with E-state index in [1.807, 2.05) is 25.1 Å². The Morgan fingerprint density at radius 3 is 2.35 bits per heavy atom. The number of nitrogens with zero attached hydrogens (tertiary/aromatic N) is 3. The predicted molar refractivity (Wildman–Crippen MR) is 86.8 cm³/mol. The van der Waals surface area contributed by atoms with E-state index in [0.717, 1.165) is 17.7 Å². The quantitative estimate of drug-likeness (QED) is 0.775. The number of pyridine rings is 1. The summed E-state index contributed by atoms with van der Waals surface area (Å²) in [5, 5.41) is 0. The van der Waals surface area contributed by atoms with E-state index < -0.39 is 15.8 Å². The summed E-state index contributed by atoms with van der Waals surface area (Å²) in [5.74, 6) is -0.462. The van der Waals surface area contributed by atoms with Gasteiger partial charge in [0.2, 0.25) is 10.0 Å². The molecule has 0 atom stereocenters. The maximum Gasteiger partial charge on any atom is 0.243 e. The number of likely N-dealkylation sites (N-methyl/N-ethyl adjacent to an activating group) is 1. The average molecular weight is 337 g/mol. The molecule has 1 heterocycles. The number of hydrogen-bond donors (Lipinski definition) is 0. The second-order valence-electron chi connectivity index (χ2n) is 5.46. The Labute approximate surface area is 136 Å². The highest BCUT2D eigenvalue weighted by Crippen LogP contribution is 2.18.